The van der Waals surface area contributed by atoms with Gasteiger partial charge in [-0.1, -0.05) is 6.58 Å². The van der Waals surface area contributed by atoms with Crippen LogP contribution in [-0.2, 0) is 4.79 Å². The molecule has 0 atom stereocenters. The first-order valence-electron chi connectivity index (χ1n) is 10.0. The molecular weight excluding hydrogens is 415 g/mol. The monoisotopic (exact) mass is 434 g/mol. The number of carbonyl (C=O) groups excluding carboxylic acids is 1. The molecule has 0 spiro atoms. The zero-order chi connectivity index (χ0) is 22.4. The lowest BCUT2D eigenvalue weighted by Crippen LogP contribution is -2.10. The van der Waals surface area contributed by atoms with Crippen LogP contribution in [0.1, 0.15) is 35.2 Å². The molecule has 0 radical (unpaired) electrons. The highest BCUT2D eigenvalue weighted by Crippen LogP contribution is 2.30. The van der Waals surface area contributed by atoms with Gasteiger partial charge in [0.05, 0.1) is 23.9 Å². The number of hydrogen-bond donors (Lipinski definition) is 4. The number of hydrogen-bond acceptors (Lipinski definition) is 6. The second-order valence-corrected chi connectivity index (χ2v) is 7.78. The van der Waals surface area contributed by atoms with E-state index >= 15 is 0 Å². The van der Waals surface area contributed by atoms with Crippen LogP contribution in [0.3, 0.4) is 0 Å². The summed E-state index contributed by atoms with van der Waals surface area (Å²) in [5.41, 5.74) is 2.44. The fraction of sp³-hybridized carbons (Fsp3) is 0.182. The molecule has 2 fully saturated rings. The topological polar surface area (TPSA) is 121 Å². The molecule has 10 heteroatoms. The van der Waals surface area contributed by atoms with E-state index < -0.39 is 11.8 Å². The Bertz CT molecular complexity index is 1320. The number of anilines is 3. The quantitative estimate of drug-likeness (QED) is 0.470. The Balaban J connectivity index is 1.55. The number of fused-ring (bicyclic) bond motifs is 1. The van der Waals surface area contributed by atoms with Gasteiger partial charge in [-0.3, -0.25) is 4.79 Å². The number of allylic oxidation sites excluding steroid dienone is 1. The Morgan fingerprint density at radius 3 is 2.81 bits per heavy atom. The van der Waals surface area contributed by atoms with E-state index in [9.17, 15) is 14.0 Å². The number of aromatic carboxylic acids is 1. The van der Waals surface area contributed by atoms with Gasteiger partial charge in [0.15, 0.2) is 5.65 Å². The van der Waals surface area contributed by atoms with E-state index in [1.165, 1.54) is 12.1 Å². The molecule has 1 aliphatic heterocycles. The van der Waals surface area contributed by atoms with E-state index in [0.29, 0.717) is 34.6 Å². The van der Waals surface area contributed by atoms with E-state index in [0.717, 1.165) is 24.5 Å². The average molecular weight is 434 g/mol. The van der Waals surface area contributed by atoms with Gasteiger partial charge in [0, 0.05) is 23.4 Å². The standard InChI is InChI=1S/C22H19FN6O3/c1-11-13(8-20(30)25-11)6-14-10-24-29-19(26-15-3-4-15)9-18(28-21(14)29)27-17-5-2-12(22(31)32)7-16(17)23/h2,5-7,9-10,15,26H,1,3-4,8H2,(H,25,30)(H,27,28)(H,31,32)/b13-6+. The number of nitrogens with zero attached hydrogens (tertiary/aromatic N) is 3. The van der Waals surface area contributed by atoms with Crippen LogP contribution in [0.5, 0.6) is 0 Å². The smallest absolute Gasteiger partial charge is 0.335 e. The fourth-order valence-corrected chi connectivity index (χ4v) is 3.47. The van der Waals surface area contributed by atoms with Crippen LogP contribution in [0.2, 0.25) is 0 Å². The summed E-state index contributed by atoms with van der Waals surface area (Å²) in [6, 6.07) is 5.69. The number of carboxylic acids is 1. The molecular formula is C22H19FN6O3. The maximum Gasteiger partial charge on any atom is 0.335 e. The number of benzene rings is 1. The molecule has 1 aromatic carbocycles. The second kappa shape index (κ2) is 7.49. The molecule has 1 aliphatic carbocycles. The number of rotatable bonds is 6. The van der Waals surface area contributed by atoms with E-state index in [4.69, 9.17) is 5.11 Å². The maximum absolute atomic E-state index is 14.5. The molecule has 0 unspecified atom stereocenters. The molecule has 3 heterocycles. The van der Waals surface area contributed by atoms with Crippen molar-refractivity contribution < 1.29 is 19.1 Å². The average Bonchev–Trinajstić information content (AvgIpc) is 3.38. The summed E-state index contributed by atoms with van der Waals surface area (Å²) >= 11 is 0. The summed E-state index contributed by atoms with van der Waals surface area (Å²) < 4.78 is 16.1. The Labute approximate surface area is 181 Å². The fourth-order valence-electron chi connectivity index (χ4n) is 3.47. The minimum Gasteiger partial charge on any atom is -0.478 e. The predicted octanol–water partition coefficient (Wildman–Crippen LogP) is 3.30. The third-order valence-electron chi connectivity index (χ3n) is 5.27. The van der Waals surface area contributed by atoms with Gasteiger partial charge in [0.2, 0.25) is 5.91 Å². The number of amides is 1. The van der Waals surface area contributed by atoms with Crippen LogP contribution < -0.4 is 16.0 Å². The van der Waals surface area contributed by atoms with Gasteiger partial charge in [-0.15, -0.1) is 0 Å². The van der Waals surface area contributed by atoms with Crippen LogP contribution >= 0.6 is 0 Å². The minimum atomic E-state index is -1.20. The molecule has 32 heavy (non-hydrogen) atoms. The summed E-state index contributed by atoms with van der Waals surface area (Å²) in [5.74, 6) is -0.978. The Morgan fingerprint density at radius 2 is 2.16 bits per heavy atom. The lowest BCUT2D eigenvalue weighted by atomic mass is 10.1. The van der Waals surface area contributed by atoms with Crippen molar-refractivity contribution in [2.24, 2.45) is 0 Å². The third-order valence-corrected chi connectivity index (χ3v) is 5.27. The largest absolute Gasteiger partial charge is 0.478 e. The second-order valence-electron chi connectivity index (χ2n) is 7.78. The molecule has 1 amide bonds. The molecule has 1 saturated heterocycles. The Kier molecular flexibility index (Phi) is 4.62. The lowest BCUT2D eigenvalue weighted by molar-refractivity contribution is -0.118. The molecule has 1 saturated carbocycles. The van der Waals surface area contributed by atoms with E-state index in [2.05, 4.69) is 32.6 Å². The van der Waals surface area contributed by atoms with E-state index in [-0.39, 0.29) is 23.6 Å². The van der Waals surface area contributed by atoms with Crippen molar-refractivity contribution in [1.82, 2.24) is 19.9 Å². The van der Waals surface area contributed by atoms with Crippen LogP contribution in [0.15, 0.2) is 48.3 Å². The maximum atomic E-state index is 14.5. The normalized spacial score (nSPS) is 17.1. The summed E-state index contributed by atoms with van der Waals surface area (Å²) in [6.07, 6.45) is 5.77. The van der Waals surface area contributed by atoms with E-state index in [1.807, 2.05) is 6.08 Å². The van der Waals surface area contributed by atoms with Crippen molar-refractivity contribution >= 4 is 40.9 Å². The van der Waals surface area contributed by atoms with Gasteiger partial charge in [0.25, 0.3) is 0 Å². The van der Waals surface area contributed by atoms with Gasteiger partial charge in [-0.2, -0.15) is 9.61 Å². The van der Waals surface area contributed by atoms with Crippen LogP contribution in [-0.4, -0.2) is 37.6 Å². The highest BCUT2D eigenvalue weighted by atomic mass is 19.1. The molecule has 162 valence electrons. The van der Waals surface area contributed by atoms with E-state index in [1.54, 1.807) is 16.8 Å². The van der Waals surface area contributed by atoms with Crippen molar-refractivity contribution in [2.75, 3.05) is 10.6 Å². The van der Waals surface area contributed by atoms with Gasteiger partial charge >= 0.3 is 5.97 Å². The number of nitrogens with one attached hydrogen (secondary N) is 3. The minimum absolute atomic E-state index is 0.0996. The Hall–Kier alpha value is -4.21. The highest BCUT2D eigenvalue weighted by molar-refractivity contribution is 5.90. The number of carboxylic acid groups (broad SMARTS) is 1. The van der Waals surface area contributed by atoms with Gasteiger partial charge in [-0.25, -0.2) is 14.2 Å². The van der Waals surface area contributed by atoms with Gasteiger partial charge in [-0.05, 0) is 42.7 Å². The van der Waals surface area contributed by atoms with Crippen molar-refractivity contribution in [3.63, 3.8) is 0 Å². The molecule has 2 aromatic heterocycles. The van der Waals surface area contributed by atoms with Crippen LogP contribution in [0.4, 0.5) is 21.7 Å². The first kappa shape index (κ1) is 19.7. The molecule has 3 aromatic rings. The SMILES string of the molecule is C=C1NC(=O)C/C1=C\c1cnn2c(NC3CC3)cc(Nc3ccc(C(=O)O)cc3F)nc12. The number of halogens is 1. The molecule has 9 nitrogen and oxygen atoms in total. The molecule has 4 N–H and O–H groups in total. The Morgan fingerprint density at radius 1 is 1.34 bits per heavy atom. The molecule has 0 bridgehead atoms. The van der Waals surface area contributed by atoms with Crippen molar-refractivity contribution in [1.29, 1.82) is 0 Å². The molecule has 2 aliphatic rings. The van der Waals surface area contributed by atoms with Crippen LogP contribution in [0.25, 0.3) is 11.7 Å². The molecule has 5 rings (SSSR count). The lowest BCUT2D eigenvalue weighted by Gasteiger charge is -2.12. The first-order chi connectivity index (χ1) is 15.4. The summed E-state index contributed by atoms with van der Waals surface area (Å²) in [7, 11) is 0. The van der Waals surface area contributed by atoms with Crippen molar-refractivity contribution in [2.45, 2.75) is 25.3 Å². The summed E-state index contributed by atoms with van der Waals surface area (Å²) in [5, 5.41) is 22.5. The van der Waals surface area contributed by atoms with Crippen LogP contribution in [0, 0.1) is 5.82 Å². The third kappa shape index (κ3) is 3.78. The van der Waals surface area contributed by atoms with Crippen molar-refractivity contribution in [3.8, 4) is 0 Å². The zero-order valence-corrected chi connectivity index (χ0v) is 16.9. The zero-order valence-electron chi connectivity index (χ0n) is 16.9. The van der Waals surface area contributed by atoms with Gasteiger partial charge < -0.3 is 21.1 Å². The first-order valence-corrected chi connectivity index (χ1v) is 10.0. The number of carbonyl (C=O) groups is 2. The summed E-state index contributed by atoms with van der Waals surface area (Å²) in [6.45, 7) is 3.86. The predicted molar refractivity (Wildman–Crippen MR) is 116 cm³/mol. The summed E-state index contributed by atoms with van der Waals surface area (Å²) in [4.78, 5) is 27.3. The number of aromatic nitrogens is 3. The van der Waals surface area contributed by atoms with Crippen molar-refractivity contribution in [3.05, 3.63) is 65.3 Å². The van der Waals surface area contributed by atoms with Gasteiger partial charge in [0.1, 0.15) is 17.5 Å². The highest BCUT2D eigenvalue weighted by Gasteiger charge is 2.24.